The zero-order valence-electron chi connectivity index (χ0n) is 12.6. The molecule has 0 aromatic heterocycles. The molecule has 0 radical (unpaired) electrons. The first-order valence-corrected chi connectivity index (χ1v) is 7.31. The first-order valence-electron chi connectivity index (χ1n) is 7.31. The van der Waals surface area contributed by atoms with Crippen LogP contribution in [0.15, 0.2) is 24.3 Å². The molecule has 0 spiro atoms. The molecule has 1 aromatic carbocycles. The lowest BCUT2D eigenvalue weighted by Gasteiger charge is -2.36. The van der Waals surface area contributed by atoms with Crippen LogP contribution in [0.25, 0.3) is 0 Å². The van der Waals surface area contributed by atoms with Gasteiger partial charge in [0.1, 0.15) is 0 Å². The Labute approximate surface area is 117 Å². The zero-order chi connectivity index (χ0) is 13.8. The lowest BCUT2D eigenvalue weighted by atomic mass is 9.94. The van der Waals surface area contributed by atoms with Crippen molar-refractivity contribution < 1.29 is 0 Å². The lowest BCUT2D eigenvalue weighted by molar-refractivity contribution is 0.210. The van der Waals surface area contributed by atoms with Gasteiger partial charge in [0.25, 0.3) is 0 Å². The van der Waals surface area contributed by atoms with E-state index in [2.05, 4.69) is 67.7 Å². The van der Waals surface area contributed by atoms with Gasteiger partial charge >= 0.3 is 0 Å². The molecule has 1 saturated heterocycles. The smallest absolute Gasteiger partial charge is 0.0486 e. The van der Waals surface area contributed by atoms with E-state index in [0.29, 0.717) is 18.0 Å². The Hall–Kier alpha value is -0.900. The van der Waals surface area contributed by atoms with Crippen LogP contribution in [0.4, 0.5) is 0 Å². The van der Waals surface area contributed by atoms with Gasteiger partial charge in [0.2, 0.25) is 0 Å². The second-order valence-corrected chi connectivity index (χ2v) is 5.91. The van der Waals surface area contributed by atoms with Gasteiger partial charge in [0.15, 0.2) is 0 Å². The molecule has 106 valence electrons. The average molecular weight is 261 g/mol. The van der Waals surface area contributed by atoms with Crippen LogP contribution in [0, 0.1) is 0 Å². The predicted molar refractivity (Wildman–Crippen MR) is 81.6 cm³/mol. The topological polar surface area (TPSA) is 27.3 Å². The van der Waals surface area contributed by atoms with Gasteiger partial charge in [-0.25, -0.2) is 0 Å². The maximum Gasteiger partial charge on any atom is 0.0486 e. The molecule has 3 nitrogen and oxygen atoms in total. The van der Waals surface area contributed by atoms with Crippen LogP contribution < -0.4 is 10.6 Å². The molecular formula is C16H27N3. The van der Waals surface area contributed by atoms with E-state index in [1.54, 1.807) is 0 Å². The summed E-state index contributed by atoms with van der Waals surface area (Å²) in [7, 11) is 4.25. The summed E-state index contributed by atoms with van der Waals surface area (Å²) in [5.74, 6) is 0.598. The van der Waals surface area contributed by atoms with Crippen molar-refractivity contribution in [2.75, 3.05) is 33.7 Å². The van der Waals surface area contributed by atoms with Gasteiger partial charge in [-0.1, -0.05) is 38.1 Å². The van der Waals surface area contributed by atoms with Crippen LogP contribution in [0.1, 0.15) is 36.9 Å². The fraction of sp³-hybridized carbons (Fsp3) is 0.625. The fourth-order valence-corrected chi connectivity index (χ4v) is 2.84. The molecule has 2 unspecified atom stereocenters. The Balaban J connectivity index is 2.12. The molecule has 0 aliphatic carbocycles. The lowest BCUT2D eigenvalue weighted by Crippen LogP contribution is -2.54. The van der Waals surface area contributed by atoms with E-state index in [9.17, 15) is 0 Å². The number of hydrogen-bond donors (Lipinski definition) is 2. The summed E-state index contributed by atoms with van der Waals surface area (Å²) >= 11 is 0. The van der Waals surface area contributed by atoms with Crippen LogP contribution in [0.5, 0.6) is 0 Å². The van der Waals surface area contributed by atoms with E-state index in [0.717, 1.165) is 19.6 Å². The maximum atomic E-state index is 3.63. The number of piperazine rings is 1. The third kappa shape index (κ3) is 3.56. The Bertz CT molecular complexity index is 385. The number of hydrogen-bond acceptors (Lipinski definition) is 3. The first-order chi connectivity index (χ1) is 9.11. The SMILES string of the molecule is CNC(c1ccc(C(C)C)cc1)C1CN(C)CCN1. The molecule has 2 atom stereocenters. The summed E-state index contributed by atoms with van der Waals surface area (Å²) in [6.45, 7) is 7.78. The van der Waals surface area contributed by atoms with Crippen LogP contribution in [-0.4, -0.2) is 44.7 Å². The minimum Gasteiger partial charge on any atom is -0.312 e. The molecule has 1 aromatic rings. The van der Waals surface area contributed by atoms with Crippen molar-refractivity contribution in [3.8, 4) is 0 Å². The summed E-state index contributed by atoms with van der Waals surface area (Å²) in [4.78, 5) is 2.40. The molecule has 1 aliphatic heterocycles. The monoisotopic (exact) mass is 261 g/mol. The standard InChI is InChI=1S/C16H27N3/c1-12(2)13-5-7-14(8-6-13)16(17-3)15-11-19(4)10-9-18-15/h5-8,12,15-18H,9-11H2,1-4H3. The molecule has 1 aliphatic rings. The van der Waals surface area contributed by atoms with Crippen LogP contribution >= 0.6 is 0 Å². The van der Waals surface area contributed by atoms with E-state index in [1.807, 2.05) is 0 Å². The number of nitrogens with one attached hydrogen (secondary N) is 2. The molecule has 0 saturated carbocycles. The molecule has 3 heteroatoms. The minimum absolute atomic E-state index is 0.379. The van der Waals surface area contributed by atoms with Gasteiger partial charge < -0.3 is 15.5 Å². The van der Waals surface area contributed by atoms with E-state index in [1.165, 1.54) is 11.1 Å². The van der Waals surface area contributed by atoms with Gasteiger partial charge in [-0.2, -0.15) is 0 Å². The number of benzene rings is 1. The normalized spacial score (nSPS) is 22.7. The summed E-state index contributed by atoms with van der Waals surface area (Å²) in [6, 6.07) is 9.92. The first kappa shape index (κ1) is 14.5. The number of rotatable bonds is 4. The summed E-state index contributed by atoms with van der Waals surface area (Å²) in [5.41, 5.74) is 2.78. The molecule has 2 N–H and O–H groups in total. The van der Waals surface area contributed by atoms with Gasteiger partial charge in [-0.05, 0) is 31.1 Å². The highest BCUT2D eigenvalue weighted by molar-refractivity contribution is 5.28. The molecule has 1 fully saturated rings. The van der Waals surface area contributed by atoms with Crippen molar-refractivity contribution in [3.05, 3.63) is 35.4 Å². The van der Waals surface area contributed by atoms with Crippen molar-refractivity contribution in [3.63, 3.8) is 0 Å². The summed E-state index contributed by atoms with van der Waals surface area (Å²) in [6.07, 6.45) is 0. The second-order valence-electron chi connectivity index (χ2n) is 5.91. The van der Waals surface area contributed by atoms with Gasteiger partial charge in [-0.3, -0.25) is 0 Å². The van der Waals surface area contributed by atoms with Crippen LogP contribution in [0.2, 0.25) is 0 Å². The van der Waals surface area contributed by atoms with Crippen molar-refractivity contribution in [2.45, 2.75) is 31.8 Å². The van der Waals surface area contributed by atoms with Gasteiger partial charge in [0, 0.05) is 31.7 Å². The van der Waals surface area contributed by atoms with Gasteiger partial charge in [-0.15, -0.1) is 0 Å². The Morgan fingerprint density at radius 1 is 1.21 bits per heavy atom. The zero-order valence-corrected chi connectivity index (χ0v) is 12.6. The summed E-state index contributed by atoms with van der Waals surface area (Å²) < 4.78 is 0. The number of nitrogens with zero attached hydrogens (tertiary/aromatic N) is 1. The largest absolute Gasteiger partial charge is 0.312 e. The molecule has 2 rings (SSSR count). The fourth-order valence-electron chi connectivity index (χ4n) is 2.84. The second kappa shape index (κ2) is 6.51. The van der Waals surface area contributed by atoms with E-state index in [-0.39, 0.29) is 0 Å². The van der Waals surface area contributed by atoms with Crippen molar-refractivity contribution in [2.24, 2.45) is 0 Å². The minimum atomic E-state index is 0.379. The molecule has 19 heavy (non-hydrogen) atoms. The maximum absolute atomic E-state index is 3.63. The highest BCUT2D eigenvalue weighted by Crippen LogP contribution is 2.22. The molecule has 0 bridgehead atoms. The highest BCUT2D eigenvalue weighted by atomic mass is 15.2. The summed E-state index contributed by atoms with van der Waals surface area (Å²) in [5, 5.41) is 7.10. The third-order valence-electron chi connectivity index (χ3n) is 4.08. The Morgan fingerprint density at radius 2 is 1.84 bits per heavy atom. The van der Waals surface area contributed by atoms with E-state index < -0.39 is 0 Å². The van der Waals surface area contributed by atoms with Crippen molar-refractivity contribution in [1.29, 1.82) is 0 Å². The van der Waals surface area contributed by atoms with Crippen LogP contribution in [0.3, 0.4) is 0 Å². The van der Waals surface area contributed by atoms with Crippen molar-refractivity contribution in [1.82, 2.24) is 15.5 Å². The van der Waals surface area contributed by atoms with Gasteiger partial charge in [0.05, 0.1) is 0 Å². The van der Waals surface area contributed by atoms with Crippen LogP contribution in [-0.2, 0) is 0 Å². The van der Waals surface area contributed by atoms with Crippen molar-refractivity contribution >= 4 is 0 Å². The molecular weight excluding hydrogens is 234 g/mol. The Kier molecular flexibility index (Phi) is 4.97. The quantitative estimate of drug-likeness (QED) is 0.868. The molecule has 1 heterocycles. The Morgan fingerprint density at radius 3 is 2.37 bits per heavy atom. The van der Waals surface area contributed by atoms with E-state index >= 15 is 0 Å². The molecule has 0 amide bonds. The van der Waals surface area contributed by atoms with E-state index in [4.69, 9.17) is 0 Å². The average Bonchev–Trinajstić information content (AvgIpc) is 2.40. The predicted octanol–water partition coefficient (Wildman–Crippen LogP) is 1.97. The highest BCUT2D eigenvalue weighted by Gasteiger charge is 2.25. The third-order valence-corrected chi connectivity index (χ3v) is 4.08. The number of likely N-dealkylation sites (N-methyl/N-ethyl adjacent to an activating group) is 2.